The number of carbonyl (C=O) groups excluding carboxylic acids is 2. The molecular weight excluding hydrogens is 526 g/mol. The van der Waals surface area contributed by atoms with Crippen molar-refractivity contribution in [3.63, 3.8) is 0 Å². The van der Waals surface area contributed by atoms with Gasteiger partial charge in [-0.25, -0.2) is 0 Å². The Morgan fingerprint density at radius 1 is 1.00 bits per heavy atom. The van der Waals surface area contributed by atoms with Crippen LogP contribution in [-0.2, 0) is 15.1 Å². The summed E-state index contributed by atoms with van der Waals surface area (Å²) in [7, 11) is 0. The lowest BCUT2D eigenvalue weighted by Gasteiger charge is -2.49. The molecule has 0 saturated heterocycles. The quantitative estimate of drug-likeness (QED) is 0.322. The number of hydrogen-bond donors (Lipinski definition) is 3. The van der Waals surface area contributed by atoms with Crippen molar-refractivity contribution in [3.8, 4) is 22.4 Å². The Morgan fingerprint density at radius 2 is 1.64 bits per heavy atom. The van der Waals surface area contributed by atoms with Gasteiger partial charge in [0.15, 0.2) is 5.82 Å². The number of amides is 2. The fourth-order valence-electron chi connectivity index (χ4n) is 7.10. The number of nitrogens with two attached hydrogens (primary N) is 1. The first-order valence-corrected chi connectivity index (χ1v) is 15.1. The summed E-state index contributed by atoms with van der Waals surface area (Å²) in [5.74, 6) is 0.759. The normalized spacial score (nSPS) is 25.5. The molecule has 1 aromatic heterocycles. The molecule has 0 aliphatic heterocycles. The minimum atomic E-state index is -0.719. The van der Waals surface area contributed by atoms with Crippen LogP contribution in [0.25, 0.3) is 22.4 Å². The highest BCUT2D eigenvalue weighted by atomic mass is 16.3. The molecule has 2 fully saturated rings. The number of aliphatic hydroxyl groups is 1. The molecule has 8 heteroatoms. The largest absolute Gasteiger partial charge is 0.390 e. The number of hydrogen-bond acceptors (Lipinski definition) is 6. The molecule has 2 aliphatic rings. The average molecular weight is 570 g/mol. The van der Waals surface area contributed by atoms with Crippen molar-refractivity contribution in [1.82, 2.24) is 15.1 Å². The Labute approximate surface area is 248 Å². The first-order chi connectivity index (χ1) is 19.9. The molecule has 0 radical (unpaired) electrons. The van der Waals surface area contributed by atoms with Crippen LogP contribution in [0, 0.1) is 5.92 Å². The van der Waals surface area contributed by atoms with Crippen molar-refractivity contribution in [3.05, 3.63) is 66.2 Å². The van der Waals surface area contributed by atoms with Gasteiger partial charge < -0.3 is 21.1 Å². The van der Waals surface area contributed by atoms with Gasteiger partial charge in [0.2, 0.25) is 11.8 Å². The number of anilines is 1. The molecule has 0 bridgehead atoms. The van der Waals surface area contributed by atoms with E-state index in [9.17, 15) is 14.7 Å². The van der Waals surface area contributed by atoms with Crippen LogP contribution in [0.5, 0.6) is 0 Å². The molecule has 2 aromatic carbocycles. The second kappa shape index (κ2) is 11.9. The number of aromatic nitrogens is 2. The average Bonchev–Trinajstić information content (AvgIpc) is 2.93. The second-order valence-corrected chi connectivity index (χ2v) is 12.9. The molecule has 2 amide bonds. The van der Waals surface area contributed by atoms with Crippen LogP contribution in [-0.4, -0.2) is 49.7 Å². The van der Waals surface area contributed by atoms with E-state index >= 15 is 0 Å². The molecule has 8 nitrogen and oxygen atoms in total. The van der Waals surface area contributed by atoms with Crippen LogP contribution < -0.4 is 11.1 Å². The highest BCUT2D eigenvalue weighted by Crippen LogP contribution is 2.46. The number of rotatable bonds is 8. The second-order valence-electron chi connectivity index (χ2n) is 12.9. The monoisotopic (exact) mass is 569 g/mol. The van der Waals surface area contributed by atoms with E-state index in [2.05, 4.69) is 29.4 Å². The number of benzene rings is 2. The van der Waals surface area contributed by atoms with Crippen LogP contribution in [0.4, 0.5) is 5.82 Å². The van der Waals surface area contributed by atoms with E-state index in [0.29, 0.717) is 25.1 Å². The Bertz CT molecular complexity index is 1400. The maximum Gasteiger partial charge on any atom is 0.225 e. The van der Waals surface area contributed by atoms with Crippen LogP contribution in [0.3, 0.4) is 0 Å². The Hall–Kier alpha value is -3.62. The van der Waals surface area contributed by atoms with E-state index in [4.69, 9.17) is 5.73 Å². The van der Waals surface area contributed by atoms with Crippen LogP contribution in [0.1, 0.15) is 78.2 Å². The fraction of sp³-hybridized carbons (Fsp3) is 0.471. The third-order valence-corrected chi connectivity index (χ3v) is 8.88. The third-order valence-electron chi connectivity index (χ3n) is 8.88. The van der Waals surface area contributed by atoms with E-state index in [1.165, 1.54) is 0 Å². The van der Waals surface area contributed by atoms with E-state index in [-0.39, 0.29) is 29.8 Å². The van der Waals surface area contributed by atoms with Gasteiger partial charge in [-0.2, -0.15) is 0 Å². The summed E-state index contributed by atoms with van der Waals surface area (Å²) in [6, 6.07) is 20.3. The highest BCUT2D eigenvalue weighted by molar-refractivity contribution is 5.91. The number of nitrogens with zero attached hydrogens (tertiary/aromatic N) is 3. The molecule has 2 saturated carbocycles. The first kappa shape index (κ1) is 29.9. The van der Waals surface area contributed by atoms with Crippen LogP contribution in [0.15, 0.2) is 60.7 Å². The molecule has 0 spiro atoms. The standard InChI is InChI=1S/C34H43N5O3/c1-22(2)39(23(3)40)28-16-10-24(11-17-28)18-31(41)36-30-19-29(25-8-6-5-7-9-25)32(38-37-30)26-12-14-27(15-13-26)34(35)20-33(4,42)21-34/h5-9,12-15,19,22,24,28,42H,10-11,16-18,20-21,35H2,1-4H3,(H,36,37,41)/t24-,28-,33-,34-. The zero-order chi connectivity index (χ0) is 30.1. The van der Waals surface area contributed by atoms with E-state index < -0.39 is 11.1 Å². The van der Waals surface area contributed by atoms with Crippen molar-refractivity contribution >= 4 is 17.6 Å². The molecule has 3 aromatic rings. The molecule has 0 atom stereocenters. The van der Waals surface area contributed by atoms with E-state index in [1.54, 1.807) is 6.92 Å². The van der Waals surface area contributed by atoms with Gasteiger partial charge in [0.1, 0.15) is 5.69 Å². The van der Waals surface area contributed by atoms with Crippen molar-refractivity contribution in [2.24, 2.45) is 11.7 Å². The summed E-state index contributed by atoms with van der Waals surface area (Å²) in [6.07, 6.45) is 5.17. The minimum absolute atomic E-state index is 0.0687. The topological polar surface area (TPSA) is 121 Å². The lowest BCUT2D eigenvalue weighted by molar-refractivity contribution is -0.134. The Morgan fingerprint density at radius 3 is 2.21 bits per heavy atom. The number of nitrogens with one attached hydrogen (secondary N) is 1. The lowest BCUT2D eigenvalue weighted by atomic mass is 9.63. The fourth-order valence-corrected chi connectivity index (χ4v) is 7.10. The zero-order valence-electron chi connectivity index (χ0n) is 25.1. The number of carbonyl (C=O) groups is 2. The smallest absolute Gasteiger partial charge is 0.225 e. The van der Waals surface area contributed by atoms with Gasteiger partial charge in [-0.3, -0.25) is 9.59 Å². The molecule has 222 valence electrons. The highest BCUT2D eigenvalue weighted by Gasteiger charge is 2.49. The van der Waals surface area contributed by atoms with E-state index in [0.717, 1.165) is 53.6 Å². The third kappa shape index (κ3) is 6.55. The summed E-state index contributed by atoms with van der Waals surface area (Å²) >= 11 is 0. The van der Waals surface area contributed by atoms with Crippen molar-refractivity contribution in [2.45, 2.75) is 95.9 Å². The molecule has 1 heterocycles. The summed E-state index contributed by atoms with van der Waals surface area (Å²) in [4.78, 5) is 27.2. The summed E-state index contributed by atoms with van der Waals surface area (Å²) in [5.41, 5.74) is 9.76. The SMILES string of the molecule is CC(=O)N(C(C)C)[C@H]1CC[C@H](CC(=O)Nc2cc(-c3ccccc3)c(-c3ccc([C@]4(N)C[C@](C)(O)C4)cc3)nn2)CC1. The lowest BCUT2D eigenvalue weighted by Crippen LogP contribution is -2.58. The Kier molecular flexibility index (Phi) is 8.49. The Balaban J connectivity index is 1.28. The van der Waals surface area contributed by atoms with Gasteiger partial charge >= 0.3 is 0 Å². The van der Waals surface area contributed by atoms with Gasteiger partial charge in [0.25, 0.3) is 0 Å². The van der Waals surface area contributed by atoms with Gasteiger partial charge in [-0.15, -0.1) is 10.2 Å². The van der Waals surface area contributed by atoms with Crippen molar-refractivity contribution in [2.75, 3.05) is 5.32 Å². The molecule has 4 N–H and O–H groups in total. The van der Waals surface area contributed by atoms with Crippen molar-refractivity contribution < 1.29 is 14.7 Å². The maximum atomic E-state index is 13.1. The summed E-state index contributed by atoms with van der Waals surface area (Å²) in [6.45, 7) is 7.57. The summed E-state index contributed by atoms with van der Waals surface area (Å²) < 4.78 is 0. The molecule has 5 rings (SSSR count). The summed E-state index contributed by atoms with van der Waals surface area (Å²) in [5, 5.41) is 22.1. The van der Waals surface area contributed by atoms with Crippen molar-refractivity contribution in [1.29, 1.82) is 0 Å². The predicted octanol–water partition coefficient (Wildman–Crippen LogP) is 5.65. The van der Waals surface area contributed by atoms with Crippen LogP contribution in [0.2, 0.25) is 0 Å². The van der Waals surface area contributed by atoms with Gasteiger partial charge in [-0.1, -0.05) is 54.6 Å². The molecule has 2 aliphatic carbocycles. The van der Waals surface area contributed by atoms with Gasteiger partial charge in [-0.05, 0) is 82.4 Å². The minimum Gasteiger partial charge on any atom is -0.390 e. The molecule has 0 unspecified atom stereocenters. The molecule has 42 heavy (non-hydrogen) atoms. The first-order valence-electron chi connectivity index (χ1n) is 15.1. The van der Waals surface area contributed by atoms with Gasteiger partial charge in [0, 0.05) is 42.1 Å². The maximum absolute atomic E-state index is 13.1. The zero-order valence-corrected chi connectivity index (χ0v) is 25.1. The van der Waals surface area contributed by atoms with E-state index in [1.807, 2.05) is 72.5 Å². The van der Waals surface area contributed by atoms with Gasteiger partial charge in [0.05, 0.1) is 5.60 Å². The van der Waals surface area contributed by atoms with Crippen LogP contribution >= 0.6 is 0 Å². The predicted molar refractivity (Wildman–Crippen MR) is 165 cm³/mol. The molecular formula is C34H43N5O3.